The second-order valence-electron chi connectivity index (χ2n) is 5.04. The summed E-state index contributed by atoms with van der Waals surface area (Å²) < 4.78 is 13.7. The number of carbonyl (C=O) groups is 2. The van der Waals surface area contributed by atoms with Gasteiger partial charge in [0.05, 0.1) is 5.56 Å². The second kappa shape index (κ2) is 6.85. The zero-order valence-corrected chi connectivity index (χ0v) is 12.5. The van der Waals surface area contributed by atoms with E-state index in [2.05, 4.69) is 10.3 Å². The summed E-state index contributed by atoms with van der Waals surface area (Å²) in [5.41, 5.74) is -0.215. The number of piperidine rings is 1. The first-order chi connectivity index (χ1) is 10.0. The maximum absolute atomic E-state index is 13.7. The van der Waals surface area contributed by atoms with Gasteiger partial charge in [-0.2, -0.15) is 0 Å². The van der Waals surface area contributed by atoms with Crippen molar-refractivity contribution in [3.63, 3.8) is 0 Å². The molecule has 0 bridgehead atoms. The average molecular weight is 314 g/mol. The van der Waals surface area contributed by atoms with Crippen molar-refractivity contribution in [3.05, 3.63) is 28.8 Å². The molecule has 1 atom stereocenters. The van der Waals surface area contributed by atoms with E-state index >= 15 is 0 Å². The van der Waals surface area contributed by atoms with Crippen LogP contribution in [0.1, 0.15) is 36.5 Å². The molecule has 5 nitrogen and oxygen atoms in total. The third kappa shape index (κ3) is 3.69. The Balaban J connectivity index is 2.01. The van der Waals surface area contributed by atoms with Gasteiger partial charge in [-0.25, -0.2) is 9.37 Å². The van der Waals surface area contributed by atoms with Crippen LogP contribution in [-0.2, 0) is 4.79 Å². The fourth-order valence-electron chi connectivity index (χ4n) is 2.32. The van der Waals surface area contributed by atoms with E-state index in [9.17, 15) is 14.0 Å². The van der Waals surface area contributed by atoms with Gasteiger partial charge >= 0.3 is 0 Å². The number of amides is 2. The second-order valence-corrected chi connectivity index (χ2v) is 5.40. The van der Waals surface area contributed by atoms with Crippen LogP contribution in [0.25, 0.3) is 0 Å². The molecule has 1 aliphatic rings. The zero-order valence-electron chi connectivity index (χ0n) is 11.7. The van der Waals surface area contributed by atoms with Crippen LogP contribution in [0.3, 0.4) is 0 Å². The van der Waals surface area contributed by atoms with E-state index in [0.29, 0.717) is 13.1 Å². The predicted molar refractivity (Wildman–Crippen MR) is 76.6 cm³/mol. The van der Waals surface area contributed by atoms with Crippen molar-refractivity contribution in [2.45, 2.75) is 32.2 Å². The van der Waals surface area contributed by atoms with E-state index in [1.54, 1.807) is 11.8 Å². The van der Waals surface area contributed by atoms with Crippen molar-refractivity contribution in [1.82, 2.24) is 15.2 Å². The Morgan fingerprint density at radius 1 is 1.38 bits per heavy atom. The monoisotopic (exact) mass is 313 g/mol. The van der Waals surface area contributed by atoms with Crippen LogP contribution in [0, 0.1) is 5.82 Å². The molecule has 1 aromatic rings. The van der Waals surface area contributed by atoms with Crippen LogP contribution in [0.4, 0.5) is 4.39 Å². The summed E-state index contributed by atoms with van der Waals surface area (Å²) in [6.45, 7) is 3.00. The summed E-state index contributed by atoms with van der Waals surface area (Å²) in [7, 11) is 0. The summed E-state index contributed by atoms with van der Waals surface area (Å²) in [6, 6.07) is 0.524. The number of rotatable bonds is 3. The summed E-state index contributed by atoms with van der Waals surface area (Å²) in [4.78, 5) is 29.5. The number of hydrogen-bond acceptors (Lipinski definition) is 3. The SMILES string of the molecule is CC(NC(=O)c1ccnc(Cl)c1F)C(=O)N1CCCCC1. The lowest BCUT2D eigenvalue weighted by Gasteiger charge is -2.29. The first-order valence-electron chi connectivity index (χ1n) is 6.90. The maximum atomic E-state index is 13.7. The number of nitrogens with zero attached hydrogens (tertiary/aromatic N) is 2. The standard InChI is InChI=1S/C14H17ClFN3O2/c1-9(14(21)19-7-3-2-4-8-19)18-13(20)10-5-6-17-12(15)11(10)16/h5-6,9H,2-4,7-8H2,1H3,(H,18,20). The Morgan fingerprint density at radius 3 is 2.71 bits per heavy atom. The van der Waals surface area contributed by atoms with Crippen molar-refractivity contribution in [1.29, 1.82) is 0 Å². The highest BCUT2D eigenvalue weighted by Crippen LogP contribution is 2.15. The van der Waals surface area contributed by atoms with Crippen LogP contribution in [0.5, 0.6) is 0 Å². The van der Waals surface area contributed by atoms with Gasteiger partial charge in [-0.05, 0) is 32.3 Å². The van der Waals surface area contributed by atoms with Gasteiger partial charge in [0, 0.05) is 19.3 Å². The van der Waals surface area contributed by atoms with Crippen LogP contribution < -0.4 is 5.32 Å². The summed E-state index contributed by atoms with van der Waals surface area (Å²) in [5.74, 6) is -1.70. The highest BCUT2D eigenvalue weighted by Gasteiger charge is 2.25. The van der Waals surface area contributed by atoms with Gasteiger partial charge in [0.25, 0.3) is 5.91 Å². The molecule has 7 heteroatoms. The first kappa shape index (κ1) is 15.7. The molecule has 1 fully saturated rings. The molecule has 114 valence electrons. The maximum Gasteiger partial charge on any atom is 0.255 e. The zero-order chi connectivity index (χ0) is 15.4. The van der Waals surface area contributed by atoms with Crippen LogP contribution in [0.15, 0.2) is 12.3 Å². The largest absolute Gasteiger partial charge is 0.341 e. The molecule has 2 amide bonds. The molecular formula is C14H17ClFN3O2. The molecule has 0 saturated carbocycles. The summed E-state index contributed by atoms with van der Waals surface area (Å²) in [6.07, 6.45) is 4.31. The van der Waals surface area contributed by atoms with E-state index in [1.807, 2.05) is 0 Å². The minimum Gasteiger partial charge on any atom is -0.341 e. The molecule has 1 aliphatic heterocycles. The number of hydrogen-bond donors (Lipinski definition) is 1. The smallest absolute Gasteiger partial charge is 0.255 e. The number of aromatic nitrogens is 1. The molecule has 2 rings (SSSR count). The molecule has 0 aliphatic carbocycles. The van der Waals surface area contributed by atoms with Crippen LogP contribution in [-0.4, -0.2) is 40.8 Å². The number of likely N-dealkylation sites (tertiary alicyclic amines) is 1. The first-order valence-corrected chi connectivity index (χ1v) is 7.28. The van der Waals surface area contributed by atoms with E-state index in [1.165, 1.54) is 12.3 Å². The fourth-order valence-corrected chi connectivity index (χ4v) is 2.48. The Bertz CT molecular complexity index is 547. The number of pyridine rings is 1. The molecule has 2 heterocycles. The normalized spacial score (nSPS) is 16.4. The third-order valence-corrected chi connectivity index (χ3v) is 3.74. The van der Waals surface area contributed by atoms with Gasteiger partial charge in [-0.3, -0.25) is 9.59 Å². The Labute approximate surface area is 127 Å². The Morgan fingerprint density at radius 2 is 2.05 bits per heavy atom. The number of nitrogens with one attached hydrogen (secondary N) is 1. The fraction of sp³-hybridized carbons (Fsp3) is 0.500. The van der Waals surface area contributed by atoms with E-state index in [4.69, 9.17) is 11.6 Å². The topological polar surface area (TPSA) is 62.3 Å². The van der Waals surface area contributed by atoms with Crippen molar-refractivity contribution in [2.75, 3.05) is 13.1 Å². The Kier molecular flexibility index (Phi) is 5.12. The van der Waals surface area contributed by atoms with Gasteiger partial charge < -0.3 is 10.2 Å². The summed E-state index contributed by atoms with van der Waals surface area (Å²) in [5, 5.41) is 2.14. The van der Waals surface area contributed by atoms with Crippen molar-refractivity contribution in [2.24, 2.45) is 0 Å². The van der Waals surface area contributed by atoms with Gasteiger partial charge in [-0.1, -0.05) is 11.6 Å². The quantitative estimate of drug-likeness (QED) is 0.868. The molecular weight excluding hydrogens is 297 g/mol. The lowest BCUT2D eigenvalue weighted by molar-refractivity contribution is -0.133. The third-order valence-electron chi connectivity index (χ3n) is 3.48. The molecule has 1 N–H and O–H groups in total. The van der Waals surface area contributed by atoms with Crippen LogP contribution in [0.2, 0.25) is 5.15 Å². The van der Waals surface area contributed by atoms with Crippen molar-refractivity contribution in [3.8, 4) is 0 Å². The van der Waals surface area contributed by atoms with E-state index < -0.39 is 17.8 Å². The lowest BCUT2D eigenvalue weighted by Crippen LogP contribution is -2.48. The molecule has 21 heavy (non-hydrogen) atoms. The average Bonchev–Trinajstić information content (AvgIpc) is 2.50. The molecule has 1 unspecified atom stereocenters. The minimum absolute atomic E-state index is 0.149. The van der Waals surface area contributed by atoms with Gasteiger partial charge in [0.2, 0.25) is 5.91 Å². The summed E-state index contributed by atoms with van der Waals surface area (Å²) >= 11 is 5.54. The van der Waals surface area contributed by atoms with E-state index in [-0.39, 0.29) is 16.6 Å². The highest BCUT2D eigenvalue weighted by atomic mass is 35.5. The molecule has 0 aromatic carbocycles. The molecule has 0 radical (unpaired) electrons. The predicted octanol–water partition coefficient (Wildman–Crippen LogP) is 2.00. The number of carbonyl (C=O) groups excluding carboxylic acids is 2. The van der Waals surface area contributed by atoms with Crippen molar-refractivity contribution < 1.29 is 14.0 Å². The van der Waals surface area contributed by atoms with Gasteiger partial charge in [-0.15, -0.1) is 0 Å². The van der Waals surface area contributed by atoms with Crippen LogP contribution >= 0.6 is 11.6 Å². The van der Waals surface area contributed by atoms with Crippen molar-refractivity contribution >= 4 is 23.4 Å². The minimum atomic E-state index is -0.880. The van der Waals surface area contributed by atoms with Gasteiger partial charge in [0.1, 0.15) is 6.04 Å². The van der Waals surface area contributed by atoms with E-state index in [0.717, 1.165) is 19.3 Å². The molecule has 1 saturated heterocycles. The Hall–Kier alpha value is -1.69. The number of halogens is 2. The molecule has 1 aromatic heterocycles. The highest BCUT2D eigenvalue weighted by molar-refractivity contribution is 6.29. The lowest BCUT2D eigenvalue weighted by atomic mass is 10.1. The molecule has 0 spiro atoms. The van der Waals surface area contributed by atoms with Gasteiger partial charge in [0.15, 0.2) is 11.0 Å².